The summed E-state index contributed by atoms with van der Waals surface area (Å²) in [6.07, 6.45) is 3.27. The molecule has 0 N–H and O–H groups in total. The van der Waals surface area contributed by atoms with Crippen molar-refractivity contribution in [3.05, 3.63) is 29.8 Å². The maximum Gasteiger partial charge on any atom is 0.225 e. The minimum atomic E-state index is 0.342. The molecule has 1 saturated carbocycles. The van der Waals surface area contributed by atoms with E-state index in [0.29, 0.717) is 18.4 Å². The zero-order valence-electron chi connectivity index (χ0n) is 13.5. The predicted octanol–water partition coefficient (Wildman–Crippen LogP) is 2.53. The van der Waals surface area contributed by atoms with Gasteiger partial charge in [0.2, 0.25) is 5.91 Å². The second-order valence-electron chi connectivity index (χ2n) is 6.31. The summed E-state index contributed by atoms with van der Waals surface area (Å²) in [5.41, 5.74) is 1.29. The van der Waals surface area contributed by atoms with E-state index in [0.717, 1.165) is 57.7 Å². The Labute approximate surface area is 133 Å². The first-order valence-electron chi connectivity index (χ1n) is 8.49. The Bertz CT molecular complexity index is 514. The van der Waals surface area contributed by atoms with Crippen LogP contribution in [0.5, 0.6) is 5.75 Å². The molecular weight excluding hydrogens is 276 g/mol. The molecule has 4 nitrogen and oxygen atoms in total. The topological polar surface area (TPSA) is 32.8 Å². The standard InChI is InChI=1S/C18H26N2O2/c1-2-22-17-6-3-5-15(13-17)14-19-9-4-10-20(12-11-19)18(21)16-7-8-16/h3,5-6,13,16H,2,4,7-12,14H2,1H3. The second-order valence-corrected chi connectivity index (χ2v) is 6.31. The van der Waals surface area contributed by atoms with E-state index < -0.39 is 0 Å². The van der Waals surface area contributed by atoms with E-state index in [1.165, 1.54) is 5.56 Å². The highest BCUT2D eigenvalue weighted by Gasteiger charge is 2.33. The summed E-state index contributed by atoms with van der Waals surface area (Å²) >= 11 is 0. The molecule has 1 aliphatic heterocycles. The highest BCUT2D eigenvalue weighted by Crippen LogP contribution is 2.31. The van der Waals surface area contributed by atoms with Crippen LogP contribution >= 0.6 is 0 Å². The average Bonchev–Trinajstić information content (AvgIpc) is 3.35. The lowest BCUT2D eigenvalue weighted by atomic mass is 10.2. The summed E-state index contributed by atoms with van der Waals surface area (Å²) < 4.78 is 5.57. The number of amides is 1. The molecule has 0 radical (unpaired) electrons. The van der Waals surface area contributed by atoms with E-state index in [4.69, 9.17) is 4.74 Å². The van der Waals surface area contributed by atoms with Gasteiger partial charge >= 0.3 is 0 Å². The number of nitrogens with zero attached hydrogens (tertiary/aromatic N) is 2. The van der Waals surface area contributed by atoms with Crippen molar-refractivity contribution >= 4 is 5.91 Å². The van der Waals surface area contributed by atoms with Crippen LogP contribution in [0.15, 0.2) is 24.3 Å². The number of carbonyl (C=O) groups excluding carboxylic acids is 1. The number of benzene rings is 1. The molecule has 0 aromatic heterocycles. The van der Waals surface area contributed by atoms with E-state index >= 15 is 0 Å². The van der Waals surface area contributed by atoms with Crippen molar-refractivity contribution in [1.82, 2.24) is 9.80 Å². The summed E-state index contributed by atoms with van der Waals surface area (Å²) in [6, 6.07) is 8.34. The molecule has 1 aromatic rings. The Balaban J connectivity index is 1.54. The molecule has 22 heavy (non-hydrogen) atoms. The van der Waals surface area contributed by atoms with Gasteiger partial charge in [0, 0.05) is 38.6 Å². The van der Waals surface area contributed by atoms with Gasteiger partial charge in [0.25, 0.3) is 0 Å². The molecule has 0 atom stereocenters. The summed E-state index contributed by atoms with van der Waals surface area (Å²) in [4.78, 5) is 16.7. The second kappa shape index (κ2) is 7.14. The van der Waals surface area contributed by atoms with Gasteiger partial charge in [-0.1, -0.05) is 12.1 Å². The smallest absolute Gasteiger partial charge is 0.225 e. The minimum absolute atomic E-state index is 0.342. The van der Waals surface area contributed by atoms with E-state index in [1.807, 2.05) is 13.0 Å². The van der Waals surface area contributed by atoms with Gasteiger partial charge in [0.05, 0.1) is 6.61 Å². The molecule has 4 heteroatoms. The highest BCUT2D eigenvalue weighted by molar-refractivity contribution is 5.81. The Hall–Kier alpha value is -1.55. The molecule has 1 aliphatic carbocycles. The fourth-order valence-corrected chi connectivity index (χ4v) is 3.10. The monoisotopic (exact) mass is 302 g/mol. The number of rotatable bonds is 5. The van der Waals surface area contributed by atoms with Crippen LogP contribution in [-0.2, 0) is 11.3 Å². The van der Waals surface area contributed by atoms with E-state index in [9.17, 15) is 4.79 Å². The third-order valence-electron chi connectivity index (χ3n) is 4.44. The molecule has 0 bridgehead atoms. The third kappa shape index (κ3) is 4.01. The summed E-state index contributed by atoms with van der Waals surface area (Å²) in [5.74, 6) is 1.68. The van der Waals surface area contributed by atoms with Crippen LogP contribution < -0.4 is 4.74 Å². The number of carbonyl (C=O) groups is 1. The zero-order chi connectivity index (χ0) is 15.4. The first-order valence-corrected chi connectivity index (χ1v) is 8.49. The molecule has 0 spiro atoms. The summed E-state index contributed by atoms with van der Waals surface area (Å²) in [6.45, 7) is 7.47. The predicted molar refractivity (Wildman–Crippen MR) is 86.8 cm³/mol. The molecule has 2 aliphatic rings. The van der Waals surface area contributed by atoms with Crippen LogP contribution in [-0.4, -0.2) is 48.5 Å². The van der Waals surface area contributed by atoms with Gasteiger partial charge in [-0.15, -0.1) is 0 Å². The van der Waals surface area contributed by atoms with Crippen LogP contribution in [0, 0.1) is 5.92 Å². The van der Waals surface area contributed by atoms with Crippen LogP contribution in [0.4, 0.5) is 0 Å². The van der Waals surface area contributed by atoms with Crippen molar-refractivity contribution in [2.24, 2.45) is 5.92 Å². The van der Waals surface area contributed by atoms with Gasteiger partial charge in [-0.2, -0.15) is 0 Å². The first kappa shape index (κ1) is 15.3. The molecule has 120 valence electrons. The summed E-state index contributed by atoms with van der Waals surface area (Å²) in [7, 11) is 0. The van der Waals surface area contributed by atoms with Gasteiger partial charge in [-0.05, 0) is 43.9 Å². The lowest BCUT2D eigenvalue weighted by Crippen LogP contribution is -2.35. The SMILES string of the molecule is CCOc1cccc(CN2CCCN(C(=O)C3CC3)CC2)c1. The number of ether oxygens (including phenoxy) is 1. The molecule has 1 amide bonds. The van der Waals surface area contributed by atoms with Gasteiger partial charge in [0.1, 0.15) is 5.75 Å². The van der Waals surface area contributed by atoms with Gasteiger partial charge < -0.3 is 9.64 Å². The Kier molecular flexibility index (Phi) is 4.98. The van der Waals surface area contributed by atoms with Gasteiger partial charge in [-0.25, -0.2) is 0 Å². The quantitative estimate of drug-likeness (QED) is 0.838. The van der Waals surface area contributed by atoms with Crippen molar-refractivity contribution in [1.29, 1.82) is 0 Å². The molecular formula is C18H26N2O2. The normalized spacial score (nSPS) is 19.8. The fraction of sp³-hybridized carbons (Fsp3) is 0.611. The molecule has 1 heterocycles. The van der Waals surface area contributed by atoms with Crippen LogP contribution in [0.25, 0.3) is 0 Å². The fourth-order valence-electron chi connectivity index (χ4n) is 3.10. The molecule has 3 rings (SSSR count). The van der Waals surface area contributed by atoms with Crippen LogP contribution in [0.1, 0.15) is 31.7 Å². The lowest BCUT2D eigenvalue weighted by Gasteiger charge is -2.22. The van der Waals surface area contributed by atoms with Crippen LogP contribution in [0.3, 0.4) is 0 Å². The van der Waals surface area contributed by atoms with Crippen molar-refractivity contribution in [2.75, 3.05) is 32.8 Å². The number of hydrogen-bond acceptors (Lipinski definition) is 3. The van der Waals surface area contributed by atoms with E-state index in [1.54, 1.807) is 0 Å². The number of hydrogen-bond donors (Lipinski definition) is 0. The van der Waals surface area contributed by atoms with E-state index in [-0.39, 0.29) is 0 Å². The van der Waals surface area contributed by atoms with Crippen molar-refractivity contribution in [2.45, 2.75) is 32.7 Å². The largest absolute Gasteiger partial charge is 0.494 e. The maximum atomic E-state index is 12.2. The first-order chi connectivity index (χ1) is 10.8. The molecule has 2 fully saturated rings. The van der Waals surface area contributed by atoms with Gasteiger partial charge in [-0.3, -0.25) is 9.69 Å². The lowest BCUT2D eigenvalue weighted by molar-refractivity contribution is -0.132. The highest BCUT2D eigenvalue weighted by atomic mass is 16.5. The van der Waals surface area contributed by atoms with Crippen molar-refractivity contribution in [3.63, 3.8) is 0 Å². The minimum Gasteiger partial charge on any atom is -0.494 e. The van der Waals surface area contributed by atoms with Crippen molar-refractivity contribution in [3.8, 4) is 5.75 Å². The van der Waals surface area contributed by atoms with Gasteiger partial charge in [0.15, 0.2) is 0 Å². The maximum absolute atomic E-state index is 12.2. The van der Waals surface area contributed by atoms with E-state index in [2.05, 4.69) is 28.0 Å². The Morgan fingerprint density at radius 1 is 1.23 bits per heavy atom. The molecule has 0 unspecified atom stereocenters. The third-order valence-corrected chi connectivity index (χ3v) is 4.44. The summed E-state index contributed by atoms with van der Waals surface area (Å²) in [5, 5.41) is 0. The zero-order valence-corrected chi connectivity index (χ0v) is 13.5. The molecule has 1 aromatic carbocycles. The Morgan fingerprint density at radius 2 is 2.09 bits per heavy atom. The molecule has 1 saturated heterocycles. The Morgan fingerprint density at radius 3 is 2.86 bits per heavy atom. The van der Waals surface area contributed by atoms with Crippen LogP contribution in [0.2, 0.25) is 0 Å². The van der Waals surface area contributed by atoms with Crippen molar-refractivity contribution < 1.29 is 9.53 Å². The average molecular weight is 302 g/mol.